The fourth-order valence-corrected chi connectivity index (χ4v) is 2.81. The maximum absolute atomic E-state index is 13.0. The van der Waals surface area contributed by atoms with Crippen molar-refractivity contribution in [3.05, 3.63) is 48.4 Å². The average molecular weight is 429 g/mol. The molecule has 0 saturated heterocycles. The van der Waals surface area contributed by atoms with Crippen molar-refractivity contribution < 1.29 is 36.2 Å². The number of halogens is 4. The zero-order valence-electron chi connectivity index (χ0n) is 15.7. The molecular formula is C19H19F4N3O4. The van der Waals surface area contributed by atoms with Crippen LogP contribution in [0.25, 0.3) is 5.57 Å². The van der Waals surface area contributed by atoms with Crippen LogP contribution in [0, 0.1) is 5.82 Å². The summed E-state index contributed by atoms with van der Waals surface area (Å²) in [6.07, 6.45) is -4.95. The Morgan fingerprint density at radius 3 is 2.77 bits per heavy atom. The zero-order chi connectivity index (χ0) is 21.7. The van der Waals surface area contributed by atoms with E-state index in [4.69, 9.17) is 9.15 Å². The van der Waals surface area contributed by atoms with E-state index in [2.05, 4.69) is 26.8 Å². The number of benzene rings is 1. The third-order valence-electron chi connectivity index (χ3n) is 4.40. The van der Waals surface area contributed by atoms with E-state index < -0.39 is 24.2 Å². The average Bonchev–Trinajstić information content (AvgIpc) is 3.11. The molecule has 7 nitrogen and oxygen atoms in total. The second-order valence-electron chi connectivity index (χ2n) is 6.75. The van der Waals surface area contributed by atoms with Gasteiger partial charge in [-0.3, -0.25) is 9.53 Å². The van der Waals surface area contributed by atoms with Gasteiger partial charge in [-0.15, -0.1) is 23.4 Å². The summed E-state index contributed by atoms with van der Waals surface area (Å²) in [4.78, 5) is 11.8. The Hall–Kier alpha value is -2.95. The van der Waals surface area contributed by atoms with Crippen molar-refractivity contribution in [2.24, 2.45) is 0 Å². The van der Waals surface area contributed by atoms with E-state index in [9.17, 15) is 22.4 Å². The Balaban J connectivity index is 1.36. The van der Waals surface area contributed by atoms with E-state index in [0.29, 0.717) is 12.0 Å². The standard InChI is InChI=1S/C19H19F4N3O4/c1-11(5-6-24-16(27)10-28-14-4-2-3-13(20)9-14)17-25-26-18(29-17)12-7-15(8-12)30-19(21,22)23/h2-4,9,12,15H,1,5-8,10H2,(H,24,27). The number of carbonyl (C=O) groups excluding carboxylic acids is 1. The number of hydrogen-bond acceptors (Lipinski definition) is 6. The Kier molecular flexibility index (Phi) is 6.70. The number of carbonyl (C=O) groups is 1. The minimum Gasteiger partial charge on any atom is -0.484 e. The number of aromatic nitrogens is 2. The van der Waals surface area contributed by atoms with Gasteiger partial charge >= 0.3 is 6.36 Å². The number of amides is 1. The number of hydrogen-bond donors (Lipinski definition) is 1. The quantitative estimate of drug-likeness (QED) is 0.613. The highest BCUT2D eigenvalue weighted by Gasteiger charge is 2.42. The lowest BCUT2D eigenvalue weighted by Gasteiger charge is -2.32. The zero-order valence-corrected chi connectivity index (χ0v) is 15.7. The number of nitrogens with one attached hydrogen (secondary N) is 1. The summed E-state index contributed by atoms with van der Waals surface area (Å²) in [6.45, 7) is 3.77. The van der Waals surface area contributed by atoms with Gasteiger partial charge in [-0.1, -0.05) is 12.6 Å². The molecule has 1 aliphatic carbocycles. The predicted molar refractivity (Wildman–Crippen MR) is 95.8 cm³/mol. The largest absolute Gasteiger partial charge is 0.522 e. The van der Waals surface area contributed by atoms with Gasteiger partial charge in [0.1, 0.15) is 11.6 Å². The molecule has 0 bridgehead atoms. The molecule has 0 atom stereocenters. The highest BCUT2D eigenvalue weighted by Crippen LogP contribution is 2.41. The highest BCUT2D eigenvalue weighted by atomic mass is 19.4. The van der Waals surface area contributed by atoms with Gasteiger partial charge in [0.2, 0.25) is 11.8 Å². The lowest BCUT2D eigenvalue weighted by Crippen LogP contribution is -2.34. The van der Waals surface area contributed by atoms with E-state index >= 15 is 0 Å². The van der Waals surface area contributed by atoms with Gasteiger partial charge in [0.05, 0.1) is 6.10 Å². The van der Waals surface area contributed by atoms with Crippen molar-refractivity contribution in [3.63, 3.8) is 0 Å². The molecule has 0 spiro atoms. The molecule has 1 aliphatic rings. The maximum atomic E-state index is 13.0. The molecule has 1 aromatic heterocycles. The van der Waals surface area contributed by atoms with Crippen LogP contribution in [0.4, 0.5) is 17.6 Å². The van der Waals surface area contributed by atoms with Gasteiger partial charge in [-0.2, -0.15) is 0 Å². The van der Waals surface area contributed by atoms with Crippen LogP contribution in [0.2, 0.25) is 0 Å². The number of ether oxygens (including phenoxy) is 2. The Morgan fingerprint density at radius 1 is 1.30 bits per heavy atom. The van der Waals surface area contributed by atoms with Crippen LogP contribution in [-0.4, -0.2) is 41.7 Å². The molecule has 0 radical (unpaired) electrons. The first kappa shape index (κ1) is 21.8. The summed E-state index contributed by atoms with van der Waals surface area (Å²) in [5.41, 5.74) is 0.475. The van der Waals surface area contributed by atoms with Gasteiger partial charge in [-0.25, -0.2) is 4.39 Å². The second kappa shape index (κ2) is 9.24. The summed E-state index contributed by atoms with van der Waals surface area (Å²) in [5.74, 6) is -0.508. The van der Waals surface area contributed by atoms with Crippen molar-refractivity contribution >= 4 is 11.5 Å². The van der Waals surface area contributed by atoms with Gasteiger partial charge in [-0.05, 0) is 31.4 Å². The molecule has 162 valence electrons. The first-order chi connectivity index (χ1) is 14.2. The maximum Gasteiger partial charge on any atom is 0.522 e. The number of rotatable bonds is 9. The SMILES string of the molecule is C=C(CCNC(=O)COc1cccc(F)c1)c1nnc(C2CC(OC(F)(F)F)C2)o1. The summed E-state index contributed by atoms with van der Waals surface area (Å²) in [7, 11) is 0. The fraction of sp³-hybridized carbons (Fsp3) is 0.421. The van der Waals surface area contributed by atoms with Crippen LogP contribution in [0.3, 0.4) is 0 Å². The molecule has 11 heteroatoms. The lowest BCUT2D eigenvalue weighted by atomic mass is 9.82. The lowest BCUT2D eigenvalue weighted by molar-refractivity contribution is -0.352. The van der Waals surface area contributed by atoms with Crippen molar-refractivity contribution in [1.29, 1.82) is 0 Å². The minimum atomic E-state index is -4.66. The molecule has 3 rings (SSSR count). The molecule has 1 amide bonds. The number of alkyl halides is 3. The van der Waals surface area contributed by atoms with E-state index in [1.165, 1.54) is 24.3 Å². The van der Waals surface area contributed by atoms with Gasteiger partial charge < -0.3 is 14.5 Å². The molecule has 1 fully saturated rings. The van der Waals surface area contributed by atoms with Crippen LogP contribution in [-0.2, 0) is 9.53 Å². The van der Waals surface area contributed by atoms with Crippen LogP contribution in [0.1, 0.15) is 37.0 Å². The molecule has 2 aromatic rings. The van der Waals surface area contributed by atoms with Crippen molar-refractivity contribution in [2.75, 3.05) is 13.2 Å². The topological polar surface area (TPSA) is 86.5 Å². The first-order valence-corrected chi connectivity index (χ1v) is 9.11. The van der Waals surface area contributed by atoms with Gasteiger partial charge in [0.15, 0.2) is 6.61 Å². The van der Waals surface area contributed by atoms with E-state index in [0.717, 1.165) is 0 Å². The fourth-order valence-electron chi connectivity index (χ4n) is 2.81. The van der Waals surface area contributed by atoms with E-state index in [1.807, 2.05) is 0 Å². The van der Waals surface area contributed by atoms with Crippen LogP contribution in [0.5, 0.6) is 5.75 Å². The summed E-state index contributed by atoms with van der Waals surface area (Å²) in [6, 6.07) is 5.44. The number of nitrogens with zero attached hydrogens (tertiary/aromatic N) is 2. The van der Waals surface area contributed by atoms with E-state index in [1.54, 1.807) is 0 Å². The van der Waals surface area contributed by atoms with Gasteiger partial charge in [0.25, 0.3) is 5.91 Å². The molecule has 1 heterocycles. The third kappa shape index (κ3) is 6.28. The van der Waals surface area contributed by atoms with Crippen LogP contribution in [0.15, 0.2) is 35.3 Å². The smallest absolute Gasteiger partial charge is 0.484 e. The molecule has 0 aliphatic heterocycles. The molecule has 30 heavy (non-hydrogen) atoms. The molecular weight excluding hydrogens is 410 g/mol. The Morgan fingerprint density at radius 2 is 2.07 bits per heavy atom. The monoisotopic (exact) mass is 429 g/mol. The summed E-state index contributed by atoms with van der Waals surface area (Å²) >= 11 is 0. The first-order valence-electron chi connectivity index (χ1n) is 9.11. The van der Waals surface area contributed by atoms with Crippen molar-refractivity contribution in [2.45, 2.75) is 37.6 Å². The summed E-state index contributed by atoms with van der Waals surface area (Å²) < 4.78 is 64.1. The van der Waals surface area contributed by atoms with Crippen LogP contribution < -0.4 is 10.1 Å². The highest BCUT2D eigenvalue weighted by molar-refractivity contribution is 5.77. The van der Waals surface area contributed by atoms with E-state index in [-0.39, 0.29) is 49.4 Å². The third-order valence-corrected chi connectivity index (χ3v) is 4.40. The Labute approximate surface area is 169 Å². The van der Waals surface area contributed by atoms with Crippen molar-refractivity contribution in [1.82, 2.24) is 15.5 Å². The molecule has 1 saturated carbocycles. The predicted octanol–water partition coefficient (Wildman–Crippen LogP) is 3.59. The van der Waals surface area contributed by atoms with Gasteiger partial charge in [0, 0.05) is 24.1 Å². The minimum absolute atomic E-state index is 0.148. The van der Waals surface area contributed by atoms with Crippen molar-refractivity contribution in [3.8, 4) is 5.75 Å². The molecule has 1 aromatic carbocycles. The van der Waals surface area contributed by atoms with Crippen LogP contribution >= 0.6 is 0 Å². The molecule has 1 N–H and O–H groups in total. The Bertz CT molecular complexity index is 894. The second-order valence-corrected chi connectivity index (χ2v) is 6.75. The summed E-state index contributed by atoms with van der Waals surface area (Å²) in [5, 5.41) is 10.3. The normalized spacial score (nSPS) is 18.5. The molecule has 0 unspecified atom stereocenters.